The zero-order chi connectivity index (χ0) is 26.1. The Balaban J connectivity index is 0.000000317. The number of anilines is 1. The van der Waals surface area contributed by atoms with Crippen LogP contribution in [0.15, 0.2) is 18.2 Å². The van der Waals surface area contributed by atoms with Crippen LogP contribution >= 0.6 is 0 Å². The number of carbonyl (C=O) groups excluding carboxylic acids is 3. The fraction of sp³-hybridized carbons (Fsp3) is 0.640. The van der Waals surface area contributed by atoms with Gasteiger partial charge in [0.05, 0.1) is 12.1 Å². The average Bonchev–Trinajstić information content (AvgIpc) is 2.81. The number of alkyl halides is 3. The van der Waals surface area contributed by atoms with Crippen LogP contribution in [0.1, 0.15) is 64.0 Å². The molecule has 0 unspecified atom stereocenters. The molecule has 34 heavy (non-hydrogen) atoms. The van der Waals surface area contributed by atoms with Crippen molar-refractivity contribution in [2.24, 2.45) is 5.92 Å². The topological polar surface area (TPSA) is 60.9 Å². The van der Waals surface area contributed by atoms with Gasteiger partial charge in [0.1, 0.15) is 0 Å². The molecule has 9 heteroatoms. The molecule has 6 nitrogen and oxygen atoms in total. The Kier molecular flexibility index (Phi) is 11.6. The lowest BCUT2D eigenvalue weighted by Crippen LogP contribution is -2.52. The van der Waals surface area contributed by atoms with Gasteiger partial charge in [0.15, 0.2) is 0 Å². The normalized spacial score (nSPS) is 16.7. The lowest BCUT2D eigenvalue weighted by atomic mass is 9.88. The van der Waals surface area contributed by atoms with Crippen molar-refractivity contribution in [1.82, 2.24) is 9.80 Å². The van der Waals surface area contributed by atoms with Crippen LogP contribution in [0, 0.1) is 12.8 Å². The minimum atomic E-state index is -4.39. The molecule has 1 aromatic rings. The first-order valence-corrected chi connectivity index (χ1v) is 11.9. The Bertz CT molecular complexity index is 836. The number of amides is 3. The predicted octanol–water partition coefficient (Wildman–Crippen LogP) is 4.89. The Morgan fingerprint density at radius 2 is 1.65 bits per heavy atom. The SMILES string of the molecule is CC.CC(=O)N(C)c1cc(C(F)(F)F)ccc1C.CN1CCN(C(=O)C2CCCCC2)CC1=O. The predicted molar refractivity (Wildman–Crippen MR) is 127 cm³/mol. The minimum Gasteiger partial charge on any atom is -0.342 e. The summed E-state index contributed by atoms with van der Waals surface area (Å²) in [6, 6.07) is 3.35. The first kappa shape index (κ1) is 29.5. The molecule has 1 heterocycles. The molecule has 3 rings (SSSR count). The fourth-order valence-electron chi connectivity index (χ4n) is 3.87. The maximum absolute atomic E-state index is 12.5. The molecule has 1 saturated heterocycles. The van der Waals surface area contributed by atoms with Crippen molar-refractivity contribution in [2.75, 3.05) is 38.6 Å². The average molecular weight is 486 g/mol. The molecule has 0 radical (unpaired) electrons. The third kappa shape index (κ3) is 8.33. The molecular weight excluding hydrogens is 447 g/mol. The number of hydrogen-bond acceptors (Lipinski definition) is 3. The molecule has 1 saturated carbocycles. The third-order valence-electron chi connectivity index (χ3n) is 6.09. The summed E-state index contributed by atoms with van der Waals surface area (Å²) in [4.78, 5) is 39.4. The Labute approximate surface area is 201 Å². The number of aryl methyl sites for hydroxylation is 1. The van der Waals surface area contributed by atoms with E-state index in [1.165, 1.54) is 31.4 Å². The Hall–Kier alpha value is -2.58. The molecule has 1 aliphatic carbocycles. The van der Waals surface area contributed by atoms with Gasteiger partial charge in [-0.15, -0.1) is 0 Å². The van der Waals surface area contributed by atoms with Crippen LogP contribution in [0.3, 0.4) is 0 Å². The van der Waals surface area contributed by atoms with E-state index in [1.807, 2.05) is 13.8 Å². The highest BCUT2D eigenvalue weighted by molar-refractivity contribution is 5.91. The third-order valence-corrected chi connectivity index (χ3v) is 6.09. The molecule has 1 aliphatic heterocycles. The second-order valence-electron chi connectivity index (χ2n) is 8.49. The van der Waals surface area contributed by atoms with E-state index < -0.39 is 11.7 Å². The molecule has 2 fully saturated rings. The number of rotatable bonds is 2. The molecular formula is C25H38F3N3O3. The molecule has 0 aromatic heterocycles. The molecule has 3 amide bonds. The number of hydrogen-bond donors (Lipinski definition) is 0. The minimum absolute atomic E-state index is 0.0652. The van der Waals surface area contributed by atoms with E-state index in [0.29, 0.717) is 18.7 Å². The van der Waals surface area contributed by atoms with Gasteiger partial charge in [-0.25, -0.2) is 0 Å². The largest absolute Gasteiger partial charge is 0.416 e. The zero-order valence-electron chi connectivity index (χ0n) is 21.2. The van der Waals surface area contributed by atoms with Crippen molar-refractivity contribution in [3.63, 3.8) is 0 Å². The van der Waals surface area contributed by atoms with E-state index >= 15 is 0 Å². The van der Waals surface area contributed by atoms with Gasteiger partial charge in [0.25, 0.3) is 0 Å². The molecule has 0 bridgehead atoms. The number of benzene rings is 1. The van der Waals surface area contributed by atoms with Crippen LogP contribution < -0.4 is 4.90 Å². The number of likely N-dealkylation sites (N-methyl/N-ethyl adjacent to an activating group) is 1. The maximum Gasteiger partial charge on any atom is 0.416 e. The van der Waals surface area contributed by atoms with Crippen molar-refractivity contribution in [3.05, 3.63) is 29.3 Å². The van der Waals surface area contributed by atoms with Crippen molar-refractivity contribution < 1.29 is 27.6 Å². The lowest BCUT2D eigenvalue weighted by Gasteiger charge is -2.35. The van der Waals surface area contributed by atoms with Crippen molar-refractivity contribution in [3.8, 4) is 0 Å². The molecule has 0 spiro atoms. The quantitative estimate of drug-likeness (QED) is 0.599. The number of halogens is 3. The van der Waals surface area contributed by atoms with Gasteiger partial charge in [0, 0.05) is 45.7 Å². The summed E-state index contributed by atoms with van der Waals surface area (Å²) in [6.45, 7) is 8.63. The summed E-state index contributed by atoms with van der Waals surface area (Å²) >= 11 is 0. The smallest absolute Gasteiger partial charge is 0.342 e. The van der Waals surface area contributed by atoms with E-state index in [1.54, 1.807) is 23.8 Å². The number of piperazine rings is 1. The fourth-order valence-corrected chi connectivity index (χ4v) is 3.87. The van der Waals surface area contributed by atoms with Crippen LogP contribution in [0.5, 0.6) is 0 Å². The summed E-state index contributed by atoms with van der Waals surface area (Å²) in [6.07, 6.45) is 1.22. The van der Waals surface area contributed by atoms with Gasteiger partial charge in [0.2, 0.25) is 17.7 Å². The second kappa shape index (κ2) is 13.3. The first-order chi connectivity index (χ1) is 15.9. The van der Waals surface area contributed by atoms with Gasteiger partial charge < -0.3 is 14.7 Å². The van der Waals surface area contributed by atoms with Crippen LogP contribution in [0.25, 0.3) is 0 Å². The standard InChI is InChI=1S/C12H20N2O2.C11H12F3NO.C2H6/c1-13-7-8-14(9-11(13)15)12(16)10-5-3-2-4-6-10;1-7-4-5-9(11(12,13)14)6-10(7)15(3)8(2)16;1-2/h10H,2-9H2,1H3;4-6H,1-3H3;1-2H3. The van der Waals surface area contributed by atoms with E-state index in [0.717, 1.165) is 37.8 Å². The summed E-state index contributed by atoms with van der Waals surface area (Å²) < 4.78 is 37.4. The van der Waals surface area contributed by atoms with Crippen LogP contribution in [0.4, 0.5) is 18.9 Å². The Morgan fingerprint density at radius 1 is 1.06 bits per heavy atom. The van der Waals surface area contributed by atoms with Crippen molar-refractivity contribution >= 4 is 23.4 Å². The van der Waals surface area contributed by atoms with E-state index in [9.17, 15) is 27.6 Å². The van der Waals surface area contributed by atoms with Crippen molar-refractivity contribution in [1.29, 1.82) is 0 Å². The first-order valence-electron chi connectivity index (χ1n) is 11.9. The van der Waals surface area contributed by atoms with E-state index in [4.69, 9.17) is 0 Å². The second-order valence-corrected chi connectivity index (χ2v) is 8.49. The highest BCUT2D eigenvalue weighted by Crippen LogP contribution is 2.33. The maximum atomic E-state index is 12.5. The van der Waals surface area contributed by atoms with Crippen molar-refractivity contribution in [2.45, 2.75) is 66.0 Å². The molecule has 1 aromatic carbocycles. The zero-order valence-corrected chi connectivity index (χ0v) is 21.2. The van der Waals surface area contributed by atoms with Gasteiger partial charge in [-0.05, 0) is 37.5 Å². The van der Waals surface area contributed by atoms with Gasteiger partial charge in [-0.1, -0.05) is 39.2 Å². The number of nitrogens with zero attached hydrogens (tertiary/aromatic N) is 3. The summed E-state index contributed by atoms with van der Waals surface area (Å²) in [5.74, 6) is 0.156. The summed E-state index contributed by atoms with van der Waals surface area (Å²) in [5, 5.41) is 0. The Morgan fingerprint density at radius 3 is 2.15 bits per heavy atom. The highest BCUT2D eigenvalue weighted by atomic mass is 19.4. The van der Waals surface area contributed by atoms with E-state index in [2.05, 4.69) is 0 Å². The van der Waals surface area contributed by atoms with Crippen LogP contribution in [-0.4, -0.2) is 61.3 Å². The van der Waals surface area contributed by atoms with E-state index in [-0.39, 0.29) is 35.9 Å². The molecule has 0 atom stereocenters. The highest BCUT2D eigenvalue weighted by Gasteiger charge is 2.32. The van der Waals surface area contributed by atoms with Gasteiger partial charge in [-0.2, -0.15) is 13.2 Å². The molecule has 192 valence electrons. The van der Waals surface area contributed by atoms with Crippen LogP contribution in [-0.2, 0) is 20.6 Å². The summed E-state index contributed by atoms with van der Waals surface area (Å²) in [7, 11) is 3.25. The van der Waals surface area contributed by atoms with Gasteiger partial charge >= 0.3 is 6.18 Å². The molecule has 0 N–H and O–H groups in total. The summed E-state index contributed by atoms with van der Waals surface area (Å²) in [5.41, 5.74) is 0.161. The monoisotopic (exact) mass is 485 g/mol. The van der Waals surface area contributed by atoms with Gasteiger partial charge in [-0.3, -0.25) is 14.4 Å². The number of carbonyl (C=O) groups is 3. The van der Waals surface area contributed by atoms with Crippen LogP contribution in [0.2, 0.25) is 0 Å². The molecule has 2 aliphatic rings. The lowest BCUT2D eigenvalue weighted by molar-refractivity contribution is -0.147.